The Morgan fingerprint density at radius 2 is 1.80 bits per heavy atom. The lowest BCUT2D eigenvalue weighted by atomic mass is 9.87. The molecule has 30 heavy (non-hydrogen) atoms. The van der Waals surface area contributed by atoms with E-state index < -0.39 is 5.82 Å². The van der Waals surface area contributed by atoms with Gasteiger partial charge in [0, 0.05) is 32.1 Å². The molecule has 0 radical (unpaired) electrons. The molecule has 0 bridgehead atoms. The second kappa shape index (κ2) is 10.6. The maximum atomic E-state index is 13.8. The van der Waals surface area contributed by atoms with Gasteiger partial charge in [0.1, 0.15) is 6.61 Å². The van der Waals surface area contributed by atoms with Crippen LogP contribution >= 0.6 is 0 Å². The molecule has 7 heteroatoms. The van der Waals surface area contributed by atoms with Gasteiger partial charge in [-0.05, 0) is 44.2 Å². The molecule has 6 nitrogen and oxygen atoms in total. The van der Waals surface area contributed by atoms with E-state index in [1.165, 1.54) is 6.07 Å². The molecule has 1 fully saturated rings. The van der Waals surface area contributed by atoms with Crippen LogP contribution in [-0.4, -0.2) is 60.6 Å². The highest BCUT2D eigenvalue weighted by molar-refractivity contribution is 5.80. The average Bonchev–Trinajstić information content (AvgIpc) is 2.72. The molecular formula is C23H36FN3O3. The largest absolute Gasteiger partial charge is 0.488 e. The minimum absolute atomic E-state index is 0.0169. The van der Waals surface area contributed by atoms with Crippen molar-refractivity contribution in [1.29, 1.82) is 0 Å². The van der Waals surface area contributed by atoms with Gasteiger partial charge in [-0.1, -0.05) is 32.9 Å². The topological polar surface area (TPSA) is 61.9 Å². The molecule has 1 aliphatic heterocycles. The summed E-state index contributed by atoms with van der Waals surface area (Å²) in [7, 11) is 0. The van der Waals surface area contributed by atoms with Crippen molar-refractivity contribution < 1.29 is 18.7 Å². The number of para-hydroxylation sites is 1. The monoisotopic (exact) mass is 421 g/mol. The second-order valence-electron chi connectivity index (χ2n) is 8.88. The molecule has 1 aromatic carbocycles. The van der Waals surface area contributed by atoms with Gasteiger partial charge in [0.25, 0.3) is 0 Å². The highest BCUT2D eigenvalue weighted by Crippen LogP contribution is 2.24. The van der Waals surface area contributed by atoms with Crippen molar-refractivity contribution in [3.05, 3.63) is 30.1 Å². The van der Waals surface area contributed by atoms with E-state index in [1.807, 2.05) is 39.5 Å². The molecular weight excluding hydrogens is 385 g/mol. The molecule has 0 spiro atoms. The fourth-order valence-electron chi connectivity index (χ4n) is 3.61. The van der Waals surface area contributed by atoms with Gasteiger partial charge in [0.05, 0.1) is 6.04 Å². The number of benzene rings is 1. The van der Waals surface area contributed by atoms with Crippen molar-refractivity contribution in [1.82, 2.24) is 15.1 Å². The van der Waals surface area contributed by atoms with Gasteiger partial charge in [-0.15, -0.1) is 0 Å². The maximum absolute atomic E-state index is 13.8. The van der Waals surface area contributed by atoms with Crippen molar-refractivity contribution in [2.24, 2.45) is 11.3 Å². The molecule has 1 aromatic rings. The average molecular weight is 422 g/mol. The molecule has 1 atom stereocenters. The van der Waals surface area contributed by atoms with Crippen LogP contribution in [-0.2, 0) is 4.79 Å². The summed E-state index contributed by atoms with van der Waals surface area (Å²) >= 11 is 0. The summed E-state index contributed by atoms with van der Waals surface area (Å²) in [4.78, 5) is 29.0. The van der Waals surface area contributed by atoms with Crippen LogP contribution in [0, 0.1) is 17.2 Å². The first-order valence-corrected chi connectivity index (χ1v) is 10.9. The SMILES string of the molecule is CCN(CC)C(=O)C1CCN(C(=O)NC(COc2ccccc2F)C(C)(C)C)CC1. The van der Waals surface area contributed by atoms with E-state index in [0.717, 1.165) is 0 Å². The number of piperidine rings is 1. The molecule has 0 aromatic heterocycles. The number of urea groups is 1. The van der Waals surface area contributed by atoms with Crippen LogP contribution in [0.2, 0.25) is 0 Å². The Balaban J connectivity index is 1.92. The van der Waals surface area contributed by atoms with Crippen LogP contribution in [0.3, 0.4) is 0 Å². The van der Waals surface area contributed by atoms with Gasteiger partial charge in [-0.3, -0.25) is 4.79 Å². The van der Waals surface area contributed by atoms with Crippen LogP contribution < -0.4 is 10.1 Å². The predicted octanol–water partition coefficient (Wildman–Crippen LogP) is 3.91. The highest BCUT2D eigenvalue weighted by Gasteiger charge is 2.32. The number of hydrogen-bond donors (Lipinski definition) is 1. The minimum atomic E-state index is -0.420. The standard InChI is InChI=1S/C23H36FN3O3/c1-6-26(7-2)21(28)17-12-14-27(15-13-17)22(29)25-20(23(3,4)5)16-30-19-11-9-8-10-18(19)24/h8-11,17,20H,6-7,12-16H2,1-5H3,(H,25,29). The zero-order valence-electron chi connectivity index (χ0n) is 18.9. The summed E-state index contributed by atoms with van der Waals surface area (Å²) in [5.41, 5.74) is -0.266. The van der Waals surface area contributed by atoms with Gasteiger partial charge in [-0.2, -0.15) is 0 Å². The van der Waals surface area contributed by atoms with E-state index in [2.05, 4.69) is 5.32 Å². The highest BCUT2D eigenvalue weighted by atomic mass is 19.1. The van der Waals surface area contributed by atoms with Gasteiger partial charge in [-0.25, -0.2) is 9.18 Å². The minimum Gasteiger partial charge on any atom is -0.488 e. The zero-order chi connectivity index (χ0) is 22.3. The first kappa shape index (κ1) is 24.0. The maximum Gasteiger partial charge on any atom is 0.317 e. The van der Waals surface area contributed by atoms with E-state index >= 15 is 0 Å². The first-order chi connectivity index (χ1) is 14.2. The van der Waals surface area contributed by atoms with Gasteiger partial charge < -0.3 is 19.9 Å². The van der Waals surface area contributed by atoms with E-state index in [-0.39, 0.29) is 41.7 Å². The van der Waals surface area contributed by atoms with Gasteiger partial charge >= 0.3 is 6.03 Å². The Bertz CT molecular complexity index is 708. The molecule has 1 heterocycles. The Morgan fingerprint density at radius 1 is 1.20 bits per heavy atom. The molecule has 1 aliphatic rings. The Labute approximate surface area is 179 Å². The van der Waals surface area contributed by atoms with Crippen molar-refractivity contribution in [2.45, 2.75) is 53.5 Å². The number of ether oxygens (including phenoxy) is 1. The van der Waals surface area contributed by atoms with Crippen LogP contribution in [0.15, 0.2) is 24.3 Å². The fraction of sp³-hybridized carbons (Fsp3) is 0.652. The third-order valence-electron chi connectivity index (χ3n) is 5.79. The summed E-state index contributed by atoms with van der Waals surface area (Å²) < 4.78 is 19.5. The molecule has 168 valence electrons. The van der Waals surface area contributed by atoms with E-state index in [0.29, 0.717) is 39.0 Å². The summed E-state index contributed by atoms with van der Waals surface area (Å²) in [5.74, 6) is -0.0733. The van der Waals surface area contributed by atoms with Crippen molar-refractivity contribution in [3.63, 3.8) is 0 Å². The van der Waals surface area contributed by atoms with E-state index in [4.69, 9.17) is 4.74 Å². The summed E-state index contributed by atoms with van der Waals surface area (Å²) in [6.45, 7) is 12.7. The molecule has 1 saturated heterocycles. The van der Waals surface area contributed by atoms with Crippen LogP contribution in [0.25, 0.3) is 0 Å². The third kappa shape index (κ3) is 6.34. The Morgan fingerprint density at radius 3 is 2.33 bits per heavy atom. The lowest BCUT2D eigenvalue weighted by Crippen LogP contribution is -2.54. The van der Waals surface area contributed by atoms with Crippen molar-refractivity contribution >= 4 is 11.9 Å². The molecule has 2 rings (SSSR count). The number of nitrogens with one attached hydrogen (secondary N) is 1. The van der Waals surface area contributed by atoms with E-state index in [9.17, 15) is 14.0 Å². The van der Waals surface area contributed by atoms with Crippen molar-refractivity contribution in [3.8, 4) is 5.75 Å². The number of likely N-dealkylation sites (tertiary alicyclic amines) is 1. The van der Waals surface area contributed by atoms with Gasteiger partial charge in [0.15, 0.2) is 11.6 Å². The van der Waals surface area contributed by atoms with Crippen molar-refractivity contribution in [2.75, 3.05) is 32.8 Å². The normalized spacial score (nSPS) is 16.1. The Hall–Kier alpha value is -2.31. The van der Waals surface area contributed by atoms with E-state index in [1.54, 1.807) is 23.1 Å². The number of amides is 3. The number of rotatable bonds is 7. The summed E-state index contributed by atoms with van der Waals surface area (Å²) in [6, 6.07) is 5.80. The molecule has 1 N–H and O–H groups in total. The number of carbonyl (C=O) groups is 2. The number of halogens is 1. The fourth-order valence-corrected chi connectivity index (χ4v) is 3.61. The summed E-state index contributed by atoms with van der Waals surface area (Å²) in [5, 5.41) is 3.05. The zero-order valence-corrected chi connectivity index (χ0v) is 18.9. The summed E-state index contributed by atoms with van der Waals surface area (Å²) in [6.07, 6.45) is 1.35. The smallest absolute Gasteiger partial charge is 0.317 e. The van der Waals surface area contributed by atoms with Gasteiger partial charge in [0.2, 0.25) is 5.91 Å². The molecule has 0 aliphatic carbocycles. The van der Waals surface area contributed by atoms with Crippen LogP contribution in [0.5, 0.6) is 5.75 Å². The second-order valence-corrected chi connectivity index (χ2v) is 8.88. The molecule has 1 unspecified atom stereocenters. The Kier molecular flexibility index (Phi) is 8.50. The lowest BCUT2D eigenvalue weighted by Gasteiger charge is -2.37. The third-order valence-corrected chi connectivity index (χ3v) is 5.79. The first-order valence-electron chi connectivity index (χ1n) is 10.9. The quantitative estimate of drug-likeness (QED) is 0.726. The molecule has 3 amide bonds. The van der Waals surface area contributed by atoms with Crippen LogP contribution in [0.4, 0.5) is 9.18 Å². The number of nitrogens with zero attached hydrogens (tertiary/aromatic N) is 2. The number of hydrogen-bond acceptors (Lipinski definition) is 3. The predicted molar refractivity (Wildman–Crippen MR) is 116 cm³/mol. The lowest BCUT2D eigenvalue weighted by molar-refractivity contribution is -0.136. The number of carbonyl (C=O) groups excluding carboxylic acids is 2. The molecule has 0 saturated carbocycles. The van der Waals surface area contributed by atoms with Crippen LogP contribution in [0.1, 0.15) is 47.5 Å².